The number of nitrogens with one attached hydrogen (secondary N) is 2. The first-order valence-electron chi connectivity index (χ1n) is 9.16. The first kappa shape index (κ1) is 16.6. The molecule has 3 heteroatoms. The predicted molar refractivity (Wildman–Crippen MR) is 111 cm³/mol. The Bertz CT molecular complexity index is 927. The van der Waals surface area contributed by atoms with E-state index >= 15 is 0 Å². The molecule has 0 radical (unpaired) electrons. The molecule has 1 heterocycles. The normalized spacial score (nSPS) is 11.1. The van der Waals surface area contributed by atoms with E-state index in [-0.39, 0.29) is 0 Å². The Morgan fingerprint density at radius 1 is 0.692 bits per heavy atom. The molecule has 0 fully saturated rings. The fraction of sp³-hybridized carbons (Fsp3) is 0.174. The van der Waals surface area contributed by atoms with E-state index in [2.05, 4.69) is 70.2 Å². The van der Waals surface area contributed by atoms with E-state index in [1.54, 1.807) is 0 Å². The third-order valence-corrected chi connectivity index (χ3v) is 4.58. The van der Waals surface area contributed by atoms with Gasteiger partial charge in [-0.2, -0.15) is 0 Å². The molecule has 0 aliphatic heterocycles. The molecule has 26 heavy (non-hydrogen) atoms. The molecule has 130 valence electrons. The molecular formula is C23H23N3. The molecule has 0 saturated heterocycles. The van der Waals surface area contributed by atoms with Crippen LogP contribution in [0.15, 0.2) is 78.9 Å². The Labute approximate surface area is 154 Å². The maximum absolute atomic E-state index is 4.64. The molecule has 2 N–H and O–H groups in total. The van der Waals surface area contributed by atoms with Crippen LogP contribution < -0.4 is 10.6 Å². The molecule has 3 nitrogen and oxygen atoms in total. The van der Waals surface area contributed by atoms with Gasteiger partial charge in [-0.25, -0.2) is 4.98 Å². The number of pyridine rings is 1. The van der Waals surface area contributed by atoms with Crippen molar-refractivity contribution in [2.24, 2.45) is 0 Å². The van der Waals surface area contributed by atoms with E-state index in [0.717, 1.165) is 37.4 Å². The van der Waals surface area contributed by atoms with Crippen LogP contribution in [0.3, 0.4) is 0 Å². The summed E-state index contributed by atoms with van der Waals surface area (Å²) in [4.78, 5) is 4.64. The summed E-state index contributed by atoms with van der Waals surface area (Å²) < 4.78 is 0. The van der Waals surface area contributed by atoms with Crippen molar-refractivity contribution in [1.29, 1.82) is 0 Å². The molecular weight excluding hydrogens is 318 g/mol. The lowest BCUT2D eigenvalue weighted by molar-refractivity contribution is 0.663. The first-order valence-corrected chi connectivity index (χ1v) is 9.16. The lowest BCUT2D eigenvalue weighted by atomic mass is 10.1. The highest BCUT2D eigenvalue weighted by atomic mass is 15.0. The number of nitrogens with zero attached hydrogens (tertiary/aromatic N) is 1. The maximum atomic E-state index is 4.64. The second-order valence-electron chi connectivity index (χ2n) is 6.53. The van der Waals surface area contributed by atoms with E-state index in [1.807, 2.05) is 24.3 Å². The molecule has 0 atom stereocenters. The van der Waals surface area contributed by atoms with Gasteiger partial charge in [0.15, 0.2) is 0 Å². The standard InChI is InChI=1S/C23H23N3/c1-2-8-21-16-18(10-11-19(21)6-1)17-24-14-5-15-25-23-13-12-20-7-3-4-9-22(20)26-23/h1-4,6-13,16,24H,5,14-15,17H2,(H,25,26). The lowest BCUT2D eigenvalue weighted by Gasteiger charge is -2.08. The van der Waals surface area contributed by atoms with Gasteiger partial charge in [0.25, 0.3) is 0 Å². The number of aromatic nitrogens is 1. The molecule has 0 aliphatic carbocycles. The van der Waals surface area contributed by atoms with Gasteiger partial charge in [-0.3, -0.25) is 0 Å². The van der Waals surface area contributed by atoms with Gasteiger partial charge < -0.3 is 10.6 Å². The van der Waals surface area contributed by atoms with Gasteiger partial charge in [-0.1, -0.05) is 54.6 Å². The summed E-state index contributed by atoms with van der Waals surface area (Å²) >= 11 is 0. The second-order valence-corrected chi connectivity index (χ2v) is 6.53. The Morgan fingerprint density at radius 3 is 2.38 bits per heavy atom. The SMILES string of the molecule is c1ccc2cc(CNCCCNc3ccc4ccccc4n3)ccc2c1. The fourth-order valence-corrected chi connectivity index (χ4v) is 3.18. The van der Waals surface area contributed by atoms with E-state index in [1.165, 1.54) is 21.7 Å². The summed E-state index contributed by atoms with van der Waals surface area (Å²) in [5, 5.41) is 10.7. The van der Waals surface area contributed by atoms with Crippen LogP contribution in [0.5, 0.6) is 0 Å². The quantitative estimate of drug-likeness (QED) is 0.466. The highest BCUT2D eigenvalue weighted by molar-refractivity contribution is 5.83. The van der Waals surface area contributed by atoms with Gasteiger partial charge in [-0.15, -0.1) is 0 Å². The van der Waals surface area contributed by atoms with Crippen molar-refractivity contribution in [3.05, 3.63) is 84.4 Å². The zero-order valence-electron chi connectivity index (χ0n) is 14.8. The minimum atomic E-state index is 0.902. The molecule has 4 aromatic rings. The maximum Gasteiger partial charge on any atom is 0.126 e. The average Bonchev–Trinajstić information content (AvgIpc) is 2.70. The molecule has 0 spiro atoms. The van der Waals surface area contributed by atoms with E-state index in [4.69, 9.17) is 0 Å². The van der Waals surface area contributed by atoms with Crippen LogP contribution in [0.25, 0.3) is 21.7 Å². The third kappa shape index (κ3) is 4.01. The van der Waals surface area contributed by atoms with Crippen LogP contribution in [-0.2, 0) is 6.54 Å². The number of anilines is 1. The second kappa shape index (κ2) is 7.98. The minimum absolute atomic E-state index is 0.902. The smallest absolute Gasteiger partial charge is 0.126 e. The summed E-state index contributed by atoms with van der Waals surface area (Å²) in [5.41, 5.74) is 2.36. The number of hydrogen-bond donors (Lipinski definition) is 2. The van der Waals surface area contributed by atoms with Crippen molar-refractivity contribution >= 4 is 27.5 Å². The third-order valence-electron chi connectivity index (χ3n) is 4.58. The van der Waals surface area contributed by atoms with Crippen LogP contribution in [0.2, 0.25) is 0 Å². The van der Waals surface area contributed by atoms with Gasteiger partial charge in [0, 0.05) is 18.5 Å². The Hall–Kier alpha value is -2.91. The van der Waals surface area contributed by atoms with Gasteiger partial charge in [0.1, 0.15) is 5.82 Å². The Morgan fingerprint density at radius 2 is 1.46 bits per heavy atom. The monoisotopic (exact) mass is 341 g/mol. The van der Waals surface area contributed by atoms with Crippen LogP contribution >= 0.6 is 0 Å². The highest BCUT2D eigenvalue weighted by Gasteiger charge is 1.98. The van der Waals surface area contributed by atoms with Crippen molar-refractivity contribution in [2.75, 3.05) is 18.4 Å². The van der Waals surface area contributed by atoms with Gasteiger partial charge >= 0.3 is 0 Å². The first-order chi connectivity index (χ1) is 12.9. The van der Waals surface area contributed by atoms with Crippen LogP contribution in [0, 0.1) is 0 Å². The summed E-state index contributed by atoms with van der Waals surface area (Å²) in [6.45, 7) is 2.79. The zero-order valence-corrected chi connectivity index (χ0v) is 14.8. The molecule has 4 rings (SSSR count). The minimum Gasteiger partial charge on any atom is -0.370 e. The molecule has 3 aromatic carbocycles. The molecule has 0 aliphatic rings. The summed E-state index contributed by atoms with van der Waals surface area (Å²) in [6, 6.07) is 27.5. The molecule has 0 amide bonds. The lowest BCUT2D eigenvalue weighted by Crippen LogP contribution is -2.17. The van der Waals surface area contributed by atoms with Crippen molar-refractivity contribution in [2.45, 2.75) is 13.0 Å². The number of para-hydroxylation sites is 1. The van der Waals surface area contributed by atoms with Crippen molar-refractivity contribution in [3.63, 3.8) is 0 Å². The number of fused-ring (bicyclic) bond motifs is 2. The van der Waals surface area contributed by atoms with Gasteiger partial charge in [0.2, 0.25) is 0 Å². The predicted octanol–water partition coefficient (Wildman–Crippen LogP) is 4.98. The highest BCUT2D eigenvalue weighted by Crippen LogP contribution is 2.16. The summed E-state index contributed by atoms with van der Waals surface area (Å²) in [5.74, 6) is 0.943. The number of benzene rings is 3. The summed E-state index contributed by atoms with van der Waals surface area (Å²) in [6.07, 6.45) is 1.06. The topological polar surface area (TPSA) is 37.0 Å². The van der Waals surface area contributed by atoms with Gasteiger partial charge in [-0.05, 0) is 53.6 Å². The number of rotatable bonds is 7. The van der Waals surface area contributed by atoms with Crippen LogP contribution in [0.1, 0.15) is 12.0 Å². The van der Waals surface area contributed by atoms with Crippen LogP contribution in [-0.4, -0.2) is 18.1 Å². The van der Waals surface area contributed by atoms with Crippen molar-refractivity contribution < 1.29 is 0 Å². The largest absolute Gasteiger partial charge is 0.370 e. The van der Waals surface area contributed by atoms with Crippen molar-refractivity contribution in [3.8, 4) is 0 Å². The van der Waals surface area contributed by atoms with E-state index in [9.17, 15) is 0 Å². The molecule has 1 aromatic heterocycles. The van der Waals surface area contributed by atoms with Crippen LogP contribution in [0.4, 0.5) is 5.82 Å². The Kier molecular flexibility index (Phi) is 5.08. The molecule has 0 saturated carbocycles. The number of hydrogen-bond acceptors (Lipinski definition) is 3. The van der Waals surface area contributed by atoms with E-state index < -0.39 is 0 Å². The zero-order chi connectivity index (χ0) is 17.6. The van der Waals surface area contributed by atoms with Gasteiger partial charge in [0.05, 0.1) is 5.52 Å². The van der Waals surface area contributed by atoms with Crippen molar-refractivity contribution in [1.82, 2.24) is 10.3 Å². The van der Waals surface area contributed by atoms with E-state index in [0.29, 0.717) is 0 Å². The molecule has 0 unspecified atom stereocenters. The average molecular weight is 341 g/mol. The summed E-state index contributed by atoms with van der Waals surface area (Å²) in [7, 11) is 0. The molecule has 0 bridgehead atoms. The Balaban J connectivity index is 1.22. The fourth-order valence-electron chi connectivity index (χ4n) is 3.18.